The summed E-state index contributed by atoms with van der Waals surface area (Å²) in [6.45, 7) is 20.3. The number of hydrogen-bond acceptors (Lipinski definition) is 8. The van der Waals surface area contributed by atoms with Crippen LogP contribution in [0.5, 0.6) is 23.0 Å². The van der Waals surface area contributed by atoms with Gasteiger partial charge in [-0.25, -0.2) is 23.6 Å². The van der Waals surface area contributed by atoms with Gasteiger partial charge in [0.05, 0.1) is 0 Å². The molecule has 9 heteroatoms. The average Bonchev–Trinajstić information content (AvgIpc) is 3.05. The number of ether oxygens (including phenoxy) is 4. The largest absolute Gasteiger partial charge is 0.423 e. The second-order valence-electron chi connectivity index (χ2n) is 11.3. The number of rotatable bonds is 11. The molecule has 0 aliphatic rings. The maximum absolute atomic E-state index is 15.7. The lowest BCUT2D eigenvalue weighted by Crippen LogP contribution is -2.12. The number of carbonyl (C=O) groups is 4. The van der Waals surface area contributed by atoms with Gasteiger partial charge in [-0.1, -0.05) is 68.8 Å². The fourth-order valence-corrected chi connectivity index (χ4v) is 4.25. The highest BCUT2D eigenvalue weighted by Crippen LogP contribution is 2.38. The first-order valence-electron chi connectivity index (χ1n) is 14.8. The van der Waals surface area contributed by atoms with E-state index in [0.29, 0.717) is 16.7 Å². The third-order valence-corrected chi connectivity index (χ3v) is 6.92. The van der Waals surface area contributed by atoms with Gasteiger partial charge in [0.15, 0.2) is 11.5 Å². The molecule has 49 heavy (non-hydrogen) atoms. The molecule has 0 aliphatic carbocycles. The maximum atomic E-state index is 15.7. The van der Waals surface area contributed by atoms with E-state index in [1.165, 1.54) is 58.0 Å². The fraction of sp³-hybridized carbons (Fsp3) is 0.100. The molecule has 0 fully saturated rings. The van der Waals surface area contributed by atoms with E-state index in [-0.39, 0.29) is 56.4 Å². The molecule has 0 heterocycles. The molecule has 0 amide bonds. The van der Waals surface area contributed by atoms with Crippen LogP contribution in [0.3, 0.4) is 0 Å². The van der Waals surface area contributed by atoms with E-state index in [4.69, 9.17) is 18.9 Å². The molecule has 248 valence electrons. The second kappa shape index (κ2) is 15.0. The average molecular weight is 661 g/mol. The smallest absolute Gasteiger partial charge is 0.338 e. The predicted molar refractivity (Wildman–Crippen MR) is 185 cm³/mol. The van der Waals surface area contributed by atoms with Crippen molar-refractivity contribution < 1.29 is 42.5 Å². The summed E-state index contributed by atoms with van der Waals surface area (Å²) in [6.07, 6.45) is 0. The normalized spacial score (nSPS) is 10.4. The van der Waals surface area contributed by atoms with E-state index >= 15 is 4.39 Å². The van der Waals surface area contributed by atoms with Crippen molar-refractivity contribution in [2.24, 2.45) is 0 Å². The van der Waals surface area contributed by atoms with Crippen LogP contribution in [0.25, 0.3) is 33.4 Å². The SMILES string of the molecule is C=C(C)C(=O)Oc1ccc(-c2ccc(-c3ccc(-c4ccc(OC(=O)C(=C)C)c(OC(=O)C(=C)C)c4)cc3)cc2F)c(OC(=O)C(=C)C)c1. The third kappa shape index (κ3) is 8.72. The quantitative estimate of drug-likeness (QED) is 0.0894. The lowest BCUT2D eigenvalue weighted by atomic mass is 9.97. The number of halogens is 1. The minimum atomic E-state index is -0.731. The second-order valence-corrected chi connectivity index (χ2v) is 11.3. The van der Waals surface area contributed by atoms with Crippen LogP contribution in [-0.2, 0) is 19.2 Å². The van der Waals surface area contributed by atoms with Gasteiger partial charge in [0.2, 0.25) is 0 Å². The van der Waals surface area contributed by atoms with Crippen LogP contribution in [0, 0.1) is 5.82 Å². The first-order valence-corrected chi connectivity index (χ1v) is 14.8. The van der Waals surface area contributed by atoms with Crippen molar-refractivity contribution in [3.05, 3.63) is 133 Å². The Kier molecular flexibility index (Phi) is 10.9. The van der Waals surface area contributed by atoms with Crippen molar-refractivity contribution in [2.75, 3.05) is 0 Å². The van der Waals surface area contributed by atoms with E-state index in [9.17, 15) is 19.2 Å². The summed E-state index contributed by atoms with van der Waals surface area (Å²) < 4.78 is 37.2. The first-order chi connectivity index (χ1) is 23.1. The van der Waals surface area contributed by atoms with Crippen LogP contribution in [0.1, 0.15) is 27.7 Å². The zero-order valence-corrected chi connectivity index (χ0v) is 27.5. The van der Waals surface area contributed by atoms with Crippen molar-refractivity contribution >= 4 is 23.9 Å². The summed E-state index contributed by atoms with van der Waals surface area (Å²) in [7, 11) is 0. The lowest BCUT2D eigenvalue weighted by molar-refractivity contribution is -0.132. The molecule has 0 aliphatic heterocycles. The molecule has 0 aromatic heterocycles. The molecule has 0 spiro atoms. The van der Waals surface area contributed by atoms with Crippen molar-refractivity contribution in [1.82, 2.24) is 0 Å². The monoisotopic (exact) mass is 660 g/mol. The van der Waals surface area contributed by atoms with E-state index in [0.717, 1.165) is 5.56 Å². The van der Waals surface area contributed by atoms with Gasteiger partial charge in [0.1, 0.15) is 17.3 Å². The van der Waals surface area contributed by atoms with Gasteiger partial charge in [-0.05, 0) is 80.3 Å². The molecule has 0 saturated heterocycles. The highest BCUT2D eigenvalue weighted by Gasteiger charge is 2.19. The fourth-order valence-electron chi connectivity index (χ4n) is 4.25. The van der Waals surface area contributed by atoms with Gasteiger partial charge in [-0.3, -0.25) is 0 Å². The zero-order chi connectivity index (χ0) is 36.0. The Balaban J connectivity index is 1.65. The molecule has 0 N–H and O–H groups in total. The molecular weight excluding hydrogens is 627 g/mol. The van der Waals surface area contributed by atoms with E-state index in [2.05, 4.69) is 26.3 Å². The van der Waals surface area contributed by atoms with Crippen LogP contribution in [0.2, 0.25) is 0 Å². The Morgan fingerprint density at radius 2 is 0.857 bits per heavy atom. The maximum Gasteiger partial charge on any atom is 0.338 e. The Morgan fingerprint density at radius 3 is 1.37 bits per heavy atom. The van der Waals surface area contributed by atoms with Crippen LogP contribution in [-0.4, -0.2) is 23.9 Å². The van der Waals surface area contributed by atoms with Crippen LogP contribution >= 0.6 is 0 Å². The minimum Gasteiger partial charge on any atom is -0.423 e. The van der Waals surface area contributed by atoms with Gasteiger partial charge < -0.3 is 18.9 Å². The molecule has 4 aromatic rings. The third-order valence-electron chi connectivity index (χ3n) is 6.92. The van der Waals surface area contributed by atoms with Gasteiger partial charge in [0.25, 0.3) is 0 Å². The van der Waals surface area contributed by atoms with Crippen LogP contribution in [0.15, 0.2) is 127 Å². The van der Waals surface area contributed by atoms with Crippen molar-refractivity contribution in [3.63, 3.8) is 0 Å². The Labute approximate surface area is 283 Å². The molecule has 0 atom stereocenters. The summed E-state index contributed by atoms with van der Waals surface area (Å²) in [5, 5.41) is 0. The summed E-state index contributed by atoms with van der Waals surface area (Å²) in [6, 6.07) is 20.9. The Morgan fingerprint density at radius 1 is 0.449 bits per heavy atom. The van der Waals surface area contributed by atoms with Gasteiger partial charge in [0, 0.05) is 39.5 Å². The highest BCUT2D eigenvalue weighted by molar-refractivity contribution is 5.92. The summed E-state index contributed by atoms with van der Waals surface area (Å²) in [5.41, 5.74) is 3.70. The number of esters is 4. The zero-order valence-electron chi connectivity index (χ0n) is 27.5. The van der Waals surface area contributed by atoms with Crippen LogP contribution in [0.4, 0.5) is 4.39 Å². The molecule has 4 aromatic carbocycles. The number of carbonyl (C=O) groups excluding carboxylic acids is 4. The van der Waals surface area contributed by atoms with E-state index < -0.39 is 29.7 Å². The highest BCUT2D eigenvalue weighted by atomic mass is 19.1. The molecule has 0 bridgehead atoms. The molecule has 0 unspecified atom stereocenters. The minimum absolute atomic E-state index is 0.0234. The molecule has 8 nitrogen and oxygen atoms in total. The lowest BCUT2D eigenvalue weighted by Gasteiger charge is -2.14. The molecule has 4 rings (SSSR count). The van der Waals surface area contributed by atoms with Crippen LogP contribution < -0.4 is 18.9 Å². The van der Waals surface area contributed by atoms with E-state index in [1.807, 2.05) is 0 Å². The first kappa shape index (κ1) is 35.5. The van der Waals surface area contributed by atoms with Gasteiger partial charge in [-0.15, -0.1) is 0 Å². The Bertz CT molecular complexity index is 2050. The Hall–Kier alpha value is -6.35. The van der Waals surface area contributed by atoms with Crippen molar-refractivity contribution in [1.29, 1.82) is 0 Å². The summed E-state index contributed by atoms with van der Waals surface area (Å²) in [5.74, 6) is -3.22. The summed E-state index contributed by atoms with van der Waals surface area (Å²) >= 11 is 0. The molecule has 0 saturated carbocycles. The van der Waals surface area contributed by atoms with E-state index in [1.54, 1.807) is 48.5 Å². The van der Waals surface area contributed by atoms with Gasteiger partial charge >= 0.3 is 23.9 Å². The van der Waals surface area contributed by atoms with Gasteiger partial charge in [-0.2, -0.15) is 0 Å². The summed E-state index contributed by atoms with van der Waals surface area (Å²) in [4.78, 5) is 48.8. The molecular formula is C40H33FO8. The number of hydrogen-bond donors (Lipinski definition) is 0. The molecule has 0 radical (unpaired) electrons. The topological polar surface area (TPSA) is 105 Å². The van der Waals surface area contributed by atoms with Crippen molar-refractivity contribution in [2.45, 2.75) is 27.7 Å². The number of benzene rings is 4. The standard InChI is InChI=1S/C40H33FO8/c1-22(2)37(42)46-30-15-17-32(35(21-30)48-39(44)24(5)6)31-16-13-28(19-33(31)41)26-9-11-27(12-10-26)29-14-18-34(47-38(43)23(3)4)36(20-29)49-40(45)25(7)8/h9-21H,1,3,5,7H2,2,4,6,8H3. The van der Waals surface area contributed by atoms with Crippen molar-refractivity contribution in [3.8, 4) is 56.4 Å². The predicted octanol–water partition coefficient (Wildman–Crippen LogP) is 8.75.